The molecular formula is C15H11ClFN3O. The zero-order valence-corrected chi connectivity index (χ0v) is 11.6. The van der Waals surface area contributed by atoms with Crippen molar-refractivity contribution >= 4 is 11.6 Å². The van der Waals surface area contributed by atoms with Gasteiger partial charge in [0.1, 0.15) is 11.6 Å². The van der Waals surface area contributed by atoms with E-state index in [-0.39, 0.29) is 11.4 Å². The quantitative estimate of drug-likeness (QED) is 0.729. The molecule has 0 aliphatic heterocycles. The summed E-state index contributed by atoms with van der Waals surface area (Å²) in [5, 5.41) is 0. The average molecular weight is 304 g/mol. The summed E-state index contributed by atoms with van der Waals surface area (Å²) >= 11 is 5.68. The van der Waals surface area contributed by atoms with Crippen LogP contribution in [0.5, 0.6) is 0 Å². The highest BCUT2D eigenvalue weighted by Gasteiger charge is 2.11. The van der Waals surface area contributed by atoms with E-state index in [0.29, 0.717) is 28.2 Å². The van der Waals surface area contributed by atoms with Crippen LogP contribution in [0.2, 0.25) is 0 Å². The number of imidazole rings is 1. The van der Waals surface area contributed by atoms with Gasteiger partial charge in [-0.05, 0) is 29.8 Å². The summed E-state index contributed by atoms with van der Waals surface area (Å²) in [5.41, 5.74) is 1.66. The molecule has 0 amide bonds. The summed E-state index contributed by atoms with van der Waals surface area (Å²) in [5.74, 6) is 0.221. The van der Waals surface area contributed by atoms with Crippen molar-refractivity contribution in [2.75, 3.05) is 0 Å². The van der Waals surface area contributed by atoms with Gasteiger partial charge in [-0.25, -0.2) is 9.37 Å². The van der Waals surface area contributed by atoms with E-state index < -0.39 is 5.82 Å². The minimum absolute atomic E-state index is 0.257. The number of aromatic amines is 2. The topological polar surface area (TPSA) is 61.5 Å². The molecule has 0 atom stereocenters. The molecule has 21 heavy (non-hydrogen) atoms. The normalized spacial score (nSPS) is 10.8. The zero-order valence-electron chi connectivity index (χ0n) is 10.9. The molecule has 1 aromatic carbocycles. The first kappa shape index (κ1) is 13.6. The fourth-order valence-corrected chi connectivity index (χ4v) is 2.23. The fraction of sp³-hybridized carbons (Fsp3) is 0.0667. The Balaban J connectivity index is 2.04. The number of aromatic nitrogens is 3. The zero-order chi connectivity index (χ0) is 14.8. The van der Waals surface area contributed by atoms with Crippen LogP contribution in [0.1, 0.15) is 5.69 Å². The molecule has 3 rings (SSSR count). The van der Waals surface area contributed by atoms with Crippen molar-refractivity contribution < 1.29 is 4.39 Å². The highest BCUT2D eigenvalue weighted by atomic mass is 35.5. The maximum Gasteiger partial charge on any atom is 0.255 e. The Morgan fingerprint density at radius 2 is 2.05 bits per heavy atom. The van der Waals surface area contributed by atoms with Gasteiger partial charge in [0, 0.05) is 18.0 Å². The van der Waals surface area contributed by atoms with Gasteiger partial charge in [0.15, 0.2) is 0 Å². The Labute approximate surface area is 124 Å². The lowest BCUT2D eigenvalue weighted by atomic mass is 10.0. The summed E-state index contributed by atoms with van der Waals surface area (Å²) in [6.07, 6.45) is 3.17. The number of halogens is 2. The van der Waals surface area contributed by atoms with Gasteiger partial charge < -0.3 is 9.97 Å². The van der Waals surface area contributed by atoms with Crippen LogP contribution in [0.4, 0.5) is 4.39 Å². The molecule has 0 aliphatic rings. The third kappa shape index (κ3) is 2.60. The minimum Gasteiger partial charge on any atom is -0.344 e. The van der Waals surface area contributed by atoms with Gasteiger partial charge in [-0.3, -0.25) is 4.79 Å². The molecule has 0 unspecified atom stereocenters. The van der Waals surface area contributed by atoms with Gasteiger partial charge in [0.05, 0.1) is 17.1 Å². The van der Waals surface area contributed by atoms with Crippen molar-refractivity contribution in [1.29, 1.82) is 0 Å². The third-order valence-corrected chi connectivity index (χ3v) is 3.40. The van der Waals surface area contributed by atoms with Crippen molar-refractivity contribution in [3.63, 3.8) is 0 Å². The molecule has 0 spiro atoms. The van der Waals surface area contributed by atoms with Crippen LogP contribution in [0.25, 0.3) is 22.5 Å². The lowest BCUT2D eigenvalue weighted by Crippen LogP contribution is -2.07. The summed E-state index contributed by atoms with van der Waals surface area (Å²) in [6, 6.07) is 7.94. The summed E-state index contributed by atoms with van der Waals surface area (Å²) in [6.45, 7) is 0. The van der Waals surface area contributed by atoms with Gasteiger partial charge in [-0.15, -0.1) is 11.6 Å². The molecule has 6 heteroatoms. The number of hydrogen-bond donors (Lipinski definition) is 2. The molecule has 0 radical (unpaired) electrons. The van der Waals surface area contributed by atoms with E-state index in [0.717, 1.165) is 0 Å². The molecule has 0 fully saturated rings. The third-order valence-electron chi connectivity index (χ3n) is 3.12. The molecule has 2 heterocycles. The molecule has 2 N–H and O–H groups in total. The first-order valence-corrected chi connectivity index (χ1v) is 6.81. The second-order valence-electron chi connectivity index (χ2n) is 4.48. The molecular weight excluding hydrogens is 293 g/mol. The number of nitrogens with zero attached hydrogens (tertiary/aromatic N) is 1. The number of alkyl halides is 1. The van der Waals surface area contributed by atoms with E-state index in [9.17, 15) is 9.18 Å². The van der Waals surface area contributed by atoms with Crippen molar-refractivity contribution in [2.24, 2.45) is 0 Å². The van der Waals surface area contributed by atoms with Gasteiger partial charge in [0.25, 0.3) is 5.56 Å². The van der Waals surface area contributed by atoms with E-state index in [1.807, 2.05) is 0 Å². The average Bonchev–Trinajstić information content (AvgIpc) is 2.96. The maximum absolute atomic E-state index is 14.3. The molecule has 0 aliphatic carbocycles. The first-order valence-electron chi connectivity index (χ1n) is 6.27. The van der Waals surface area contributed by atoms with Crippen LogP contribution < -0.4 is 5.56 Å². The number of pyridine rings is 1. The predicted octanol–water partition coefficient (Wildman–Crippen LogP) is 3.31. The smallest absolute Gasteiger partial charge is 0.255 e. The van der Waals surface area contributed by atoms with Gasteiger partial charge in [0.2, 0.25) is 0 Å². The summed E-state index contributed by atoms with van der Waals surface area (Å²) in [7, 11) is 0. The van der Waals surface area contributed by atoms with Crippen LogP contribution in [0.15, 0.2) is 47.5 Å². The van der Waals surface area contributed by atoms with Crippen molar-refractivity contribution in [2.45, 2.75) is 5.88 Å². The van der Waals surface area contributed by atoms with Crippen LogP contribution in [-0.4, -0.2) is 15.0 Å². The van der Waals surface area contributed by atoms with E-state index in [1.165, 1.54) is 12.3 Å². The number of rotatable bonds is 3. The van der Waals surface area contributed by atoms with E-state index >= 15 is 0 Å². The minimum atomic E-state index is -0.453. The second kappa shape index (κ2) is 5.54. The highest BCUT2D eigenvalue weighted by molar-refractivity contribution is 6.16. The maximum atomic E-state index is 14.3. The van der Waals surface area contributed by atoms with E-state index in [4.69, 9.17) is 11.6 Å². The van der Waals surface area contributed by atoms with Crippen molar-refractivity contribution in [3.8, 4) is 22.5 Å². The molecule has 2 aromatic heterocycles. The van der Waals surface area contributed by atoms with Gasteiger partial charge in [-0.1, -0.05) is 6.07 Å². The molecule has 106 valence electrons. The van der Waals surface area contributed by atoms with Crippen LogP contribution in [-0.2, 0) is 5.88 Å². The lowest BCUT2D eigenvalue weighted by molar-refractivity contribution is 0.630. The van der Waals surface area contributed by atoms with Crippen molar-refractivity contribution in [1.82, 2.24) is 15.0 Å². The standard InChI is InChI=1S/C15H11ClFN3O/c16-7-10-8-19-14(20-10)12-4-3-9(6-13(12)17)11-2-1-5-18-15(11)21/h1-6,8H,7H2,(H,18,21)(H,19,20). The lowest BCUT2D eigenvalue weighted by Gasteiger charge is -2.04. The Morgan fingerprint density at radius 1 is 1.19 bits per heavy atom. The second-order valence-corrected chi connectivity index (χ2v) is 4.75. The van der Waals surface area contributed by atoms with Crippen LogP contribution in [0.3, 0.4) is 0 Å². The molecule has 0 bridgehead atoms. The van der Waals surface area contributed by atoms with E-state index in [2.05, 4.69) is 15.0 Å². The first-order chi connectivity index (χ1) is 10.2. The Hall–Kier alpha value is -2.40. The SMILES string of the molecule is O=c1[nH]cccc1-c1ccc(-c2nc(CCl)c[nH]2)c(F)c1. The number of H-pyrrole nitrogens is 2. The summed E-state index contributed by atoms with van der Waals surface area (Å²) < 4.78 is 14.3. The Morgan fingerprint density at radius 3 is 2.71 bits per heavy atom. The van der Waals surface area contributed by atoms with Gasteiger partial charge >= 0.3 is 0 Å². The highest BCUT2D eigenvalue weighted by Crippen LogP contribution is 2.25. The molecule has 4 nitrogen and oxygen atoms in total. The number of nitrogens with one attached hydrogen (secondary N) is 2. The predicted molar refractivity (Wildman–Crippen MR) is 79.6 cm³/mol. The van der Waals surface area contributed by atoms with E-state index in [1.54, 1.807) is 30.5 Å². The molecule has 0 saturated heterocycles. The van der Waals surface area contributed by atoms with Crippen LogP contribution >= 0.6 is 11.6 Å². The van der Waals surface area contributed by atoms with Crippen LogP contribution in [0, 0.1) is 5.82 Å². The molecule has 3 aromatic rings. The van der Waals surface area contributed by atoms with Crippen molar-refractivity contribution in [3.05, 3.63) is 64.6 Å². The molecule has 0 saturated carbocycles. The fourth-order valence-electron chi connectivity index (χ4n) is 2.09. The Bertz CT molecular complexity index is 841. The Kier molecular flexibility index (Phi) is 3.58. The number of hydrogen-bond acceptors (Lipinski definition) is 2. The monoisotopic (exact) mass is 303 g/mol. The summed E-state index contributed by atoms with van der Waals surface area (Å²) in [4.78, 5) is 21.3. The number of benzene rings is 1. The van der Waals surface area contributed by atoms with Gasteiger partial charge in [-0.2, -0.15) is 0 Å². The largest absolute Gasteiger partial charge is 0.344 e.